The van der Waals surface area contributed by atoms with E-state index in [-0.39, 0.29) is 17.1 Å². The zero-order chi connectivity index (χ0) is 14.7. The number of halogens is 1. The van der Waals surface area contributed by atoms with Crippen molar-refractivity contribution in [2.45, 2.75) is 0 Å². The lowest BCUT2D eigenvalue weighted by Gasteiger charge is -2.07. The molecule has 0 saturated carbocycles. The van der Waals surface area contributed by atoms with Crippen molar-refractivity contribution >= 4 is 11.7 Å². The maximum Gasteiger partial charge on any atom is 0.335 e. The molecule has 0 aliphatic heterocycles. The quantitative estimate of drug-likeness (QED) is 0.684. The maximum absolute atomic E-state index is 13.6. The molecule has 0 radical (unpaired) electrons. The van der Waals surface area contributed by atoms with Crippen LogP contribution in [-0.2, 0) is 0 Å². The summed E-state index contributed by atoms with van der Waals surface area (Å²) in [6.45, 7) is 0. The van der Waals surface area contributed by atoms with Gasteiger partial charge in [-0.05, 0) is 24.3 Å². The summed E-state index contributed by atoms with van der Waals surface area (Å²) in [6.07, 6.45) is 0. The van der Waals surface area contributed by atoms with Crippen LogP contribution in [0.25, 0.3) is 0 Å². The normalized spacial score (nSPS) is 10.1. The Labute approximate surface area is 112 Å². The van der Waals surface area contributed by atoms with E-state index in [9.17, 15) is 19.3 Å². The summed E-state index contributed by atoms with van der Waals surface area (Å²) < 4.78 is 18.8. The van der Waals surface area contributed by atoms with E-state index in [1.54, 1.807) is 0 Å². The van der Waals surface area contributed by atoms with Crippen LogP contribution in [0.3, 0.4) is 0 Å². The van der Waals surface area contributed by atoms with E-state index in [0.29, 0.717) is 0 Å². The van der Waals surface area contributed by atoms with Crippen LogP contribution in [-0.4, -0.2) is 16.0 Å². The molecule has 7 heteroatoms. The number of hydrogen-bond acceptors (Lipinski definition) is 4. The number of benzene rings is 2. The average molecular weight is 277 g/mol. The van der Waals surface area contributed by atoms with Crippen LogP contribution >= 0.6 is 0 Å². The van der Waals surface area contributed by atoms with Crippen molar-refractivity contribution in [3.05, 3.63) is 64.0 Å². The minimum atomic E-state index is -1.14. The predicted octanol–water partition coefficient (Wildman–Crippen LogP) is 3.22. The van der Waals surface area contributed by atoms with Gasteiger partial charge in [0.15, 0.2) is 11.6 Å². The molecule has 20 heavy (non-hydrogen) atoms. The van der Waals surface area contributed by atoms with Gasteiger partial charge < -0.3 is 9.84 Å². The molecule has 0 aliphatic carbocycles. The Morgan fingerprint density at radius 1 is 1.25 bits per heavy atom. The number of rotatable bonds is 4. The smallest absolute Gasteiger partial charge is 0.335 e. The summed E-state index contributed by atoms with van der Waals surface area (Å²) >= 11 is 0. The molecule has 102 valence electrons. The molecule has 0 bridgehead atoms. The highest BCUT2D eigenvalue weighted by atomic mass is 19.1. The van der Waals surface area contributed by atoms with Crippen LogP contribution in [0.1, 0.15) is 10.4 Å². The third-order valence-corrected chi connectivity index (χ3v) is 2.44. The first-order valence-corrected chi connectivity index (χ1v) is 5.42. The molecular formula is C13H8FNO5. The molecule has 0 aliphatic rings. The summed E-state index contributed by atoms with van der Waals surface area (Å²) in [5.41, 5.74) is -0.404. The van der Waals surface area contributed by atoms with E-state index in [4.69, 9.17) is 9.84 Å². The Bertz CT molecular complexity index is 686. The molecule has 0 atom stereocenters. The van der Waals surface area contributed by atoms with Gasteiger partial charge in [-0.2, -0.15) is 0 Å². The zero-order valence-electron chi connectivity index (χ0n) is 9.95. The fourth-order valence-corrected chi connectivity index (χ4v) is 1.51. The first kappa shape index (κ1) is 13.5. The van der Waals surface area contributed by atoms with Gasteiger partial charge in [-0.3, -0.25) is 10.1 Å². The third-order valence-electron chi connectivity index (χ3n) is 2.44. The number of ether oxygens (including phenoxy) is 1. The van der Waals surface area contributed by atoms with Crippen molar-refractivity contribution in [1.29, 1.82) is 0 Å². The van der Waals surface area contributed by atoms with Crippen molar-refractivity contribution in [3.63, 3.8) is 0 Å². The molecular weight excluding hydrogens is 269 g/mol. The van der Waals surface area contributed by atoms with Crippen molar-refractivity contribution in [3.8, 4) is 11.5 Å². The number of carboxylic acid groups (broad SMARTS) is 1. The van der Waals surface area contributed by atoms with E-state index >= 15 is 0 Å². The van der Waals surface area contributed by atoms with Gasteiger partial charge in [0, 0.05) is 6.07 Å². The van der Waals surface area contributed by atoms with Crippen LogP contribution in [0, 0.1) is 15.9 Å². The number of carbonyl (C=O) groups is 1. The van der Waals surface area contributed by atoms with Crippen molar-refractivity contribution in [2.75, 3.05) is 0 Å². The van der Waals surface area contributed by atoms with Crippen LogP contribution in [0.4, 0.5) is 10.1 Å². The fraction of sp³-hybridized carbons (Fsp3) is 0. The number of hydrogen-bond donors (Lipinski definition) is 1. The molecule has 0 unspecified atom stereocenters. The van der Waals surface area contributed by atoms with Gasteiger partial charge in [-0.25, -0.2) is 9.18 Å². The summed E-state index contributed by atoms with van der Waals surface area (Å²) in [5, 5.41) is 19.3. The van der Waals surface area contributed by atoms with Crippen LogP contribution in [0.5, 0.6) is 11.5 Å². The van der Waals surface area contributed by atoms with Crippen molar-refractivity contribution < 1.29 is 24.0 Å². The maximum atomic E-state index is 13.6. The molecule has 0 saturated heterocycles. The highest BCUT2D eigenvalue weighted by Crippen LogP contribution is 2.27. The summed E-state index contributed by atoms with van der Waals surface area (Å²) in [5.74, 6) is -2.14. The summed E-state index contributed by atoms with van der Waals surface area (Å²) in [7, 11) is 0. The molecule has 2 aromatic carbocycles. The van der Waals surface area contributed by atoms with E-state index in [1.165, 1.54) is 24.3 Å². The number of aromatic carboxylic acids is 1. The molecule has 1 N–H and O–H groups in total. The van der Waals surface area contributed by atoms with E-state index in [0.717, 1.165) is 18.2 Å². The Balaban J connectivity index is 2.28. The number of carboxylic acids is 1. The van der Waals surface area contributed by atoms with Gasteiger partial charge in [-0.15, -0.1) is 0 Å². The molecule has 2 rings (SSSR count). The lowest BCUT2D eigenvalue weighted by atomic mass is 10.2. The largest absolute Gasteiger partial charge is 0.478 e. The summed E-state index contributed by atoms with van der Waals surface area (Å²) in [6, 6.07) is 8.43. The summed E-state index contributed by atoms with van der Waals surface area (Å²) in [4.78, 5) is 20.5. The van der Waals surface area contributed by atoms with E-state index in [2.05, 4.69) is 0 Å². The second-order valence-electron chi connectivity index (χ2n) is 3.81. The van der Waals surface area contributed by atoms with E-state index < -0.39 is 22.4 Å². The van der Waals surface area contributed by atoms with Crippen molar-refractivity contribution in [1.82, 2.24) is 0 Å². The van der Waals surface area contributed by atoms with Gasteiger partial charge in [0.1, 0.15) is 5.75 Å². The molecule has 0 heterocycles. The third kappa shape index (κ3) is 2.89. The first-order valence-electron chi connectivity index (χ1n) is 5.42. The Morgan fingerprint density at radius 3 is 2.60 bits per heavy atom. The molecule has 0 fully saturated rings. The lowest BCUT2D eigenvalue weighted by molar-refractivity contribution is -0.385. The highest BCUT2D eigenvalue weighted by molar-refractivity contribution is 5.88. The topological polar surface area (TPSA) is 89.7 Å². The van der Waals surface area contributed by atoms with Gasteiger partial charge in [0.25, 0.3) is 5.69 Å². The number of nitrogens with zero attached hydrogens (tertiary/aromatic N) is 1. The van der Waals surface area contributed by atoms with E-state index in [1.807, 2.05) is 0 Å². The minimum Gasteiger partial charge on any atom is -0.478 e. The SMILES string of the molecule is O=C(O)c1cccc(Oc2ccc([N+](=O)[O-])cc2F)c1. The molecule has 0 aromatic heterocycles. The van der Waals surface area contributed by atoms with Crippen LogP contribution in [0.2, 0.25) is 0 Å². The molecule has 2 aromatic rings. The Kier molecular flexibility index (Phi) is 3.60. The minimum absolute atomic E-state index is 0.00943. The van der Waals surface area contributed by atoms with Gasteiger partial charge >= 0.3 is 5.97 Å². The molecule has 0 spiro atoms. The standard InChI is InChI=1S/C13H8FNO5/c14-11-7-9(15(18)19)4-5-12(11)20-10-3-1-2-8(6-10)13(16)17/h1-7H,(H,16,17). The lowest BCUT2D eigenvalue weighted by Crippen LogP contribution is -1.97. The molecule has 0 amide bonds. The Hall–Kier alpha value is -2.96. The Morgan fingerprint density at radius 2 is 2.00 bits per heavy atom. The second-order valence-corrected chi connectivity index (χ2v) is 3.81. The van der Waals surface area contributed by atoms with Gasteiger partial charge in [0.05, 0.1) is 16.6 Å². The zero-order valence-corrected chi connectivity index (χ0v) is 9.95. The molecule has 6 nitrogen and oxygen atoms in total. The average Bonchev–Trinajstić information content (AvgIpc) is 2.41. The van der Waals surface area contributed by atoms with Crippen molar-refractivity contribution in [2.24, 2.45) is 0 Å². The van der Waals surface area contributed by atoms with Gasteiger partial charge in [-0.1, -0.05) is 6.07 Å². The number of non-ortho nitro benzene ring substituents is 1. The number of nitro groups is 1. The predicted molar refractivity (Wildman–Crippen MR) is 66.5 cm³/mol. The van der Waals surface area contributed by atoms with Crippen LogP contribution < -0.4 is 4.74 Å². The number of nitro benzene ring substituents is 1. The van der Waals surface area contributed by atoms with Gasteiger partial charge in [0.2, 0.25) is 0 Å². The first-order chi connectivity index (χ1) is 9.47. The fourth-order valence-electron chi connectivity index (χ4n) is 1.51. The highest BCUT2D eigenvalue weighted by Gasteiger charge is 2.13. The van der Waals surface area contributed by atoms with Crippen LogP contribution in [0.15, 0.2) is 42.5 Å². The monoisotopic (exact) mass is 277 g/mol. The second kappa shape index (κ2) is 5.35.